The molecule has 0 aliphatic carbocycles. The van der Waals surface area contributed by atoms with Gasteiger partial charge in [0.05, 0.1) is 22.1 Å². The highest BCUT2D eigenvalue weighted by Gasteiger charge is 2.16. The number of aromatic amines is 2. The molecule has 2 aliphatic heterocycles. The molecule has 8 heteroatoms. The molecule has 4 heterocycles. The van der Waals surface area contributed by atoms with E-state index in [1.165, 1.54) is 11.4 Å². The first-order chi connectivity index (χ1) is 17.6. The van der Waals surface area contributed by atoms with Gasteiger partial charge in [0.2, 0.25) is 0 Å². The van der Waals surface area contributed by atoms with Crippen molar-refractivity contribution in [1.82, 2.24) is 29.7 Å². The number of hydrogen-bond acceptors (Lipinski definition) is 6. The first kappa shape index (κ1) is 23.3. The fourth-order valence-corrected chi connectivity index (χ4v) is 5.45. The molecule has 190 valence electrons. The topological polar surface area (TPSA) is 70.3 Å². The Labute approximate surface area is 213 Å². The fourth-order valence-electron chi connectivity index (χ4n) is 5.45. The Morgan fingerprint density at radius 3 is 1.44 bits per heavy atom. The summed E-state index contributed by atoms with van der Waals surface area (Å²) < 4.78 is 0. The number of aryl methyl sites for hydroxylation is 2. The number of fused-ring (bicyclic) bond motifs is 2. The summed E-state index contributed by atoms with van der Waals surface area (Å²) in [5.74, 6) is 2.17. The highest BCUT2D eigenvalue weighted by molar-refractivity contribution is 5.80. The molecule has 0 spiro atoms. The van der Waals surface area contributed by atoms with Crippen LogP contribution in [0.4, 0.5) is 11.4 Å². The molecular weight excluding hydrogens is 448 g/mol. The molecule has 2 fully saturated rings. The van der Waals surface area contributed by atoms with Crippen molar-refractivity contribution < 1.29 is 0 Å². The summed E-state index contributed by atoms with van der Waals surface area (Å²) in [5, 5.41) is 0. The molecular formula is C28H38N8. The Hall–Kier alpha value is -3.10. The molecule has 2 N–H and O–H groups in total. The van der Waals surface area contributed by atoms with Crippen LogP contribution in [0.1, 0.15) is 24.5 Å². The minimum absolute atomic E-state index is 0.965. The quantitative estimate of drug-likeness (QED) is 0.390. The number of nitrogens with zero attached hydrogens (tertiary/aromatic N) is 6. The van der Waals surface area contributed by atoms with Gasteiger partial charge in [0, 0.05) is 76.6 Å². The zero-order valence-corrected chi connectivity index (χ0v) is 21.6. The Bertz CT molecular complexity index is 1210. The van der Waals surface area contributed by atoms with Gasteiger partial charge in [-0.3, -0.25) is 0 Å². The molecule has 0 radical (unpaired) electrons. The molecule has 6 rings (SSSR count). The van der Waals surface area contributed by atoms with Gasteiger partial charge in [0.15, 0.2) is 0 Å². The van der Waals surface area contributed by atoms with E-state index in [0.717, 1.165) is 112 Å². The van der Waals surface area contributed by atoms with Crippen molar-refractivity contribution in [3.05, 3.63) is 48.0 Å². The molecule has 2 aliphatic rings. The Morgan fingerprint density at radius 1 is 0.611 bits per heavy atom. The predicted octanol–water partition coefficient (Wildman–Crippen LogP) is 3.51. The number of hydrogen-bond donors (Lipinski definition) is 2. The number of H-pyrrole nitrogens is 2. The van der Waals surface area contributed by atoms with Crippen molar-refractivity contribution >= 4 is 33.4 Å². The van der Waals surface area contributed by atoms with E-state index in [1.807, 2.05) is 0 Å². The van der Waals surface area contributed by atoms with Crippen LogP contribution in [0.2, 0.25) is 0 Å². The second-order valence-corrected chi connectivity index (χ2v) is 10.6. The number of nitrogens with one attached hydrogen (secondary N) is 2. The van der Waals surface area contributed by atoms with Crippen LogP contribution < -0.4 is 9.80 Å². The van der Waals surface area contributed by atoms with Crippen molar-refractivity contribution in [2.75, 3.05) is 76.3 Å². The van der Waals surface area contributed by atoms with Crippen LogP contribution >= 0.6 is 0 Å². The molecule has 36 heavy (non-hydrogen) atoms. The lowest BCUT2D eigenvalue weighted by atomic mass is 10.2. The number of piperazine rings is 2. The summed E-state index contributed by atoms with van der Waals surface area (Å²) in [7, 11) is 4.39. The van der Waals surface area contributed by atoms with E-state index in [2.05, 4.69) is 80.1 Å². The summed E-state index contributed by atoms with van der Waals surface area (Å²) in [4.78, 5) is 26.5. The van der Waals surface area contributed by atoms with Gasteiger partial charge in [0.1, 0.15) is 11.6 Å². The van der Waals surface area contributed by atoms with E-state index in [0.29, 0.717) is 0 Å². The third kappa shape index (κ3) is 5.06. The van der Waals surface area contributed by atoms with Crippen LogP contribution in [-0.4, -0.2) is 96.2 Å². The maximum absolute atomic E-state index is 4.84. The number of likely N-dealkylation sites (N-methyl/N-ethyl adjacent to an activating group) is 2. The largest absolute Gasteiger partial charge is 0.369 e. The molecule has 2 aromatic heterocycles. The van der Waals surface area contributed by atoms with E-state index in [1.54, 1.807) is 0 Å². The Kier molecular flexibility index (Phi) is 6.54. The zero-order chi connectivity index (χ0) is 24.5. The van der Waals surface area contributed by atoms with Crippen LogP contribution in [-0.2, 0) is 12.8 Å². The number of unbranched alkanes of at least 4 members (excludes halogenated alkanes) is 1. The smallest absolute Gasteiger partial charge is 0.107 e. The van der Waals surface area contributed by atoms with Gasteiger partial charge in [-0.05, 0) is 63.3 Å². The number of rotatable bonds is 7. The average molecular weight is 487 g/mol. The Morgan fingerprint density at radius 2 is 1.03 bits per heavy atom. The van der Waals surface area contributed by atoms with Crippen molar-refractivity contribution in [2.24, 2.45) is 0 Å². The molecule has 0 bridgehead atoms. The van der Waals surface area contributed by atoms with Crippen LogP contribution in [0, 0.1) is 0 Å². The van der Waals surface area contributed by atoms with Crippen molar-refractivity contribution in [3.63, 3.8) is 0 Å². The first-order valence-corrected chi connectivity index (χ1v) is 13.4. The highest BCUT2D eigenvalue weighted by atomic mass is 15.3. The van der Waals surface area contributed by atoms with Crippen LogP contribution in [0.25, 0.3) is 22.1 Å². The van der Waals surface area contributed by atoms with E-state index in [9.17, 15) is 0 Å². The molecule has 4 aromatic rings. The molecule has 2 aromatic carbocycles. The van der Waals surface area contributed by atoms with E-state index >= 15 is 0 Å². The van der Waals surface area contributed by atoms with Gasteiger partial charge in [-0.15, -0.1) is 0 Å². The third-order valence-electron chi connectivity index (χ3n) is 7.84. The van der Waals surface area contributed by atoms with Gasteiger partial charge >= 0.3 is 0 Å². The minimum atomic E-state index is 0.965. The standard InChI is InChI=1S/C28H38N8/c1-33-11-15-35(16-12-33)21-7-9-23-25(19-21)31-27(29-23)5-3-4-6-28-30-24-10-8-22(20-26(24)32-28)36-17-13-34(2)14-18-36/h7-10,19-20H,3-6,11-18H2,1-2H3,(H,29,31)(H,30,32). The van der Waals surface area contributed by atoms with Crippen molar-refractivity contribution in [2.45, 2.75) is 25.7 Å². The minimum Gasteiger partial charge on any atom is -0.369 e. The Balaban J connectivity index is 1.03. The van der Waals surface area contributed by atoms with Crippen molar-refractivity contribution in [3.8, 4) is 0 Å². The molecule has 8 nitrogen and oxygen atoms in total. The average Bonchev–Trinajstić information content (AvgIpc) is 3.50. The van der Waals surface area contributed by atoms with Crippen LogP contribution in [0.5, 0.6) is 0 Å². The number of benzene rings is 2. The molecule has 0 saturated carbocycles. The van der Waals surface area contributed by atoms with Crippen molar-refractivity contribution in [1.29, 1.82) is 0 Å². The van der Waals surface area contributed by atoms with Gasteiger partial charge in [-0.1, -0.05) is 0 Å². The summed E-state index contributed by atoms with van der Waals surface area (Å²) in [5.41, 5.74) is 7.02. The second kappa shape index (κ2) is 10.1. The predicted molar refractivity (Wildman–Crippen MR) is 148 cm³/mol. The summed E-state index contributed by atoms with van der Waals surface area (Å²) in [6.45, 7) is 8.82. The molecule has 0 amide bonds. The molecule has 0 unspecified atom stereocenters. The zero-order valence-electron chi connectivity index (χ0n) is 21.6. The monoisotopic (exact) mass is 486 g/mol. The SMILES string of the molecule is CN1CCN(c2ccc3nc(CCCCc4nc5ccc(N6CCN(C)CC6)cc5[nH]4)[nH]c3c2)CC1. The molecule has 0 atom stereocenters. The first-order valence-electron chi connectivity index (χ1n) is 13.4. The highest BCUT2D eigenvalue weighted by Crippen LogP contribution is 2.24. The number of anilines is 2. The summed E-state index contributed by atoms with van der Waals surface area (Å²) in [6, 6.07) is 13.3. The van der Waals surface area contributed by atoms with Gasteiger partial charge < -0.3 is 29.6 Å². The normalized spacial score (nSPS) is 18.1. The van der Waals surface area contributed by atoms with Crippen LogP contribution in [0.15, 0.2) is 36.4 Å². The third-order valence-corrected chi connectivity index (χ3v) is 7.84. The number of aromatic nitrogens is 4. The van der Waals surface area contributed by atoms with Gasteiger partial charge in [-0.2, -0.15) is 0 Å². The summed E-state index contributed by atoms with van der Waals surface area (Å²) >= 11 is 0. The second-order valence-electron chi connectivity index (χ2n) is 10.6. The lowest BCUT2D eigenvalue weighted by molar-refractivity contribution is 0.313. The van der Waals surface area contributed by atoms with Gasteiger partial charge in [-0.25, -0.2) is 9.97 Å². The van der Waals surface area contributed by atoms with E-state index in [4.69, 9.17) is 9.97 Å². The summed E-state index contributed by atoms with van der Waals surface area (Å²) in [6.07, 6.45) is 4.11. The number of imidazole rings is 2. The maximum atomic E-state index is 4.84. The van der Waals surface area contributed by atoms with Gasteiger partial charge in [0.25, 0.3) is 0 Å². The maximum Gasteiger partial charge on any atom is 0.107 e. The fraction of sp³-hybridized carbons (Fsp3) is 0.500. The molecule has 2 saturated heterocycles. The van der Waals surface area contributed by atoms with E-state index in [-0.39, 0.29) is 0 Å². The lowest BCUT2D eigenvalue weighted by Crippen LogP contribution is -2.44. The van der Waals surface area contributed by atoms with Crippen LogP contribution in [0.3, 0.4) is 0 Å². The lowest BCUT2D eigenvalue weighted by Gasteiger charge is -2.34. The van der Waals surface area contributed by atoms with E-state index < -0.39 is 0 Å².